The lowest BCUT2D eigenvalue weighted by molar-refractivity contribution is -0.161. The predicted octanol–water partition coefficient (Wildman–Crippen LogP) is 3.32. The minimum absolute atomic E-state index is 0.109. The average Bonchev–Trinajstić information content (AvgIpc) is 3.04. The summed E-state index contributed by atoms with van der Waals surface area (Å²) in [4.78, 5) is 25.1. The van der Waals surface area contributed by atoms with Crippen molar-refractivity contribution in [1.29, 1.82) is 0 Å². The van der Waals surface area contributed by atoms with Gasteiger partial charge in [0, 0.05) is 11.8 Å². The molecule has 1 fully saturated rings. The minimum atomic E-state index is -0.546. The molecule has 2 atom stereocenters. The number of ketones is 1. The number of allylic oxidation sites excluding steroid dienone is 2. The van der Waals surface area contributed by atoms with Crippen molar-refractivity contribution in [3.63, 3.8) is 0 Å². The van der Waals surface area contributed by atoms with Crippen LogP contribution in [-0.4, -0.2) is 18.4 Å². The maximum Gasteiger partial charge on any atom is 0.313 e. The van der Waals surface area contributed by atoms with E-state index in [0.29, 0.717) is 19.4 Å². The van der Waals surface area contributed by atoms with Crippen LogP contribution in [0.4, 0.5) is 0 Å². The van der Waals surface area contributed by atoms with Gasteiger partial charge in [-0.3, -0.25) is 9.59 Å². The molecule has 3 heteroatoms. The van der Waals surface area contributed by atoms with Crippen LogP contribution in [0.5, 0.6) is 0 Å². The summed E-state index contributed by atoms with van der Waals surface area (Å²) in [6, 6.07) is 8.20. The molecular formula is C19H20O3. The van der Waals surface area contributed by atoms with E-state index in [4.69, 9.17) is 4.74 Å². The fourth-order valence-electron chi connectivity index (χ4n) is 5.06. The standard InChI is InChI=1S/C19H20O3/c1-2-22-17(21)19-9-5-8-18(19)12-14(20)10-16(18)15-7-4-3-6-13(15)11-19/h3-4,6-7,10H,2,5,8-9,11-12H2,1H3. The molecule has 0 radical (unpaired) electrons. The topological polar surface area (TPSA) is 43.4 Å². The molecule has 1 spiro atoms. The Labute approximate surface area is 130 Å². The van der Waals surface area contributed by atoms with Gasteiger partial charge in [-0.2, -0.15) is 0 Å². The first kappa shape index (κ1) is 13.7. The quantitative estimate of drug-likeness (QED) is 0.786. The fraction of sp³-hybridized carbons (Fsp3) is 0.474. The molecular weight excluding hydrogens is 276 g/mol. The number of hydrogen-bond acceptors (Lipinski definition) is 3. The molecule has 0 N–H and O–H groups in total. The Kier molecular flexibility index (Phi) is 2.84. The highest BCUT2D eigenvalue weighted by Crippen LogP contribution is 2.68. The van der Waals surface area contributed by atoms with E-state index in [1.807, 2.05) is 19.1 Å². The lowest BCUT2D eigenvalue weighted by Crippen LogP contribution is -2.49. The molecule has 22 heavy (non-hydrogen) atoms. The normalized spacial score (nSPS) is 32.0. The maximum absolute atomic E-state index is 12.9. The number of rotatable bonds is 2. The van der Waals surface area contributed by atoms with Gasteiger partial charge in [0.25, 0.3) is 0 Å². The molecule has 0 aliphatic heterocycles. The summed E-state index contributed by atoms with van der Waals surface area (Å²) in [7, 11) is 0. The van der Waals surface area contributed by atoms with E-state index in [-0.39, 0.29) is 17.2 Å². The molecule has 0 bridgehead atoms. The van der Waals surface area contributed by atoms with Crippen molar-refractivity contribution in [2.24, 2.45) is 10.8 Å². The molecule has 3 aliphatic carbocycles. The van der Waals surface area contributed by atoms with Crippen molar-refractivity contribution in [3.05, 3.63) is 41.5 Å². The van der Waals surface area contributed by atoms with Crippen LogP contribution in [0, 0.1) is 10.8 Å². The first-order chi connectivity index (χ1) is 10.6. The first-order valence-corrected chi connectivity index (χ1v) is 8.13. The van der Waals surface area contributed by atoms with Gasteiger partial charge >= 0.3 is 5.97 Å². The lowest BCUT2D eigenvalue weighted by atomic mass is 9.54. The lowest BCUT2D eigenvalue weighted by Gasteiger charge is -2.47. The highest BCUT2D eigenvalue weighted by Gasteiger charge is 2.66. The zero-order chi connectivity index (χ0) is 15.4. The Bertz CT molecular complexity index is 702. The van der Waals surface area contributed by atoms with Crippen molar-refractivity contribution in [1.82, 2.24) is 0 Å². The van der Waals surface area contributed by atoms with Gasteiger partial charge in [0.1, 0.15) is 0 Å². The molecule has 1 aromatic carbocycles. The number of benzene rings is 1. The monoisotopic (exact) mass is 296 g/mol. The molecule has 0 amide bonds. The molecule has 114 valence electrons. The van der Waals surface area contributed by atoms with Crippen LogP contribution in [0.2, 0.25) is 0 Å². The Balaban J connectivity index is 1.95. The molecule has 1 saturated carbocycles. The van der Waals surface area contributed by atoms with Gasteiger partial charge < -0.3 is 4.74 Å². The molecule has 1 aromatic rings. The highest BCUT2D eigenvalue weighted by atomic mass is 16.5. The van der Waals surface area contributed by atoms with E-state index in [2.05, 4.69) is 12.1 Å². The van der Waals surface area contributed by atoms with E-state index in [1.54, 1.807) is 6.08 Å². The van der Waals surface area contributed by atoms with Crippen LogP contribution in [0.3, 0.4) is 0 Å². The van der Waals surface area contributed by atoms with E-state index < -0.39 is 5.41 Å². The molecule has 0 saturated heterocycles. The summed E-state index contributed by atoms with van der Waals surface area (Å²) in [6.45, 7) is 2.24. The third-order valence-electron chi connectivity index (χ3n) is 5.89. The van der Waals surface area contributed by atoms with Gasteiger partial charge in [-0.1, -0.05) is 30.7 Å². The van der Waals surface area contributed by atoms with Crippen LogP contribution < -0.4 is 0 Å². The van der Waals surface area contributed by atoms with Gasteiger partial charge in [0.05, 0.1) is 12.0 Å². The average molecular weight is 296 g/mol. The van der Waals surface area contributed by atoms with E-state index in [9.17, 15) is 9.59 Å². The SMILES string of the molecule is CCOC(=O)C12CCCC13CC(=O)C=C3c1ccccc1C2. The molecule has 4 rings (SSSR count). The van der Waals surface area contributed by atoms with Crippen molar-refractivity contribution < 1.29 is 14.3 Å². The predicted molar refractivity (Wildman–Crippen MR) is 83.1 cm³/mol. The molecule has 2 unspecified atom stereocenters. The summed E-state index contributed by atoms with van der Waals surface area (Å²) in [6.07, 6.45) is 5.68. The Morgan fingerprint density at radius 3 is 2.86 bits per heavy atom. The number of carbonyl (C=O) groups excluding carboxylic acids is 2. The number of esters is 1. The van der Waals surface area contributed by atoms with Crippen molar-refractivity contribution in [2.45, 2.75) is 39.0 Å². The zero-order valence-electron chi connectivity index (χ0n) is 12.9. The minimum Gasteiger partial charge on any atom is -0.466 e. The summed E-state index contributed by atoms with van der Waals surface area (Å²) >= 11 is 0. The van der Waals surface area contributed by atoms with Crippen LogP contribution in [0.15, 0.2) is 30.3 Å². The van der Waals surface area contributed by atoms with E-state index >= 15 is 0 Å². The van der Waals surface area contributed by atoms with Crippen molar-refractivity contribution >= 4 is 17.3 Å². The van der Waals surface area contributed by atoms with Crippen molar-refractivity contribution in [3.8, 4) is 0 Å². The van der Waals surface area contributed by atoms with Gasteiger partial charge in [-0.15, -0.1) is 0 Å². The van der Waals surface area contributed by atoms with E-state index in [1.165, 1.54) is 5.56 Å². The summed E-state index contributed by atoms with van der Waals surface area (Å²) < 4.78 is 5.46. The number of hydrogen-bond donors (Lipinski definition) is 0. The van der Waals surface area contributed by atoms with E-state index in [0.717, 1.165) is 30.4 Å². The fourth-order valence-corrected chi connectivity index (χ4v) is 5.06. The Hall–Kier alpha value is -1.90. The first-order valence-electron chi connectivity index (χ1n) is 8.13. The summed E-state index contributed by atoms with van der Waals surface area (Å²) in [5.41, 5.74) is 2.55. The van der Waals surface area contributed by atoms with Gasteiger partial charge in [-0.05, 0) is 49.0 Å². The largest absolute Gasteiger partial charge is 0.466 e. The second-order valence-corrected chi connectivity index (χ2v) is 6.77. The maximum atomic E-state index is 12.9. The molecule has 3 nitrogen and oxygen atoms in total. The van der Waals surface area contributed by atoms with Crippen LogP contribution in [-0.2, 0) is 20.7 Å². The van der Waals surface area contributed by atoms with Gasteiger partial charge in [-0.25, -0.2) is 0 Å². The second kappa shape index (κ2) is 4.55. The van der Waals surface area contributed by atoms with Crippen molar-refractivity contribution in [2.75, 3.05) is 6.61 Å². The van der Waals surface area contributed by atoms with Crippen LogP contribution >= 0.6 is 0 Å². The third kappa shape index (κ3) is 1.52. The Morgan fingerprint density at radius 2 is 2.05 bits per heavy atom. The highest BCUT2D eigenvalue weighted by molar-refractivity contribution is 6.07. The molecule has 0 heterocycles. The summed E-state index contributed by atoms with van der Waals surface area (Å²) in [5, 5.41) is 0. The Morgan fingerprint density at radius 1 is 1.23 bits per heavy atom. The number of ether oxygens (including phenoxy) is 1. The third-order valence-corrected chi connectivity index (χ3v) is 5.89. The summed E-state index contributed by atoms with van der Waals surface area (Å²) in [5.74, 6) is 0.0462. The van der Waals surface area contributed by atoms with Gasteiger partial charge in [0.15, 0.2) is 5.78 Å². The van der Waals surface area contributed by atoms with Crippen LogP contribution in [0.25, 0.3) is 5.57 Å². The number of fused-ring (bicyclic) bond motifs is 2. The van der Waals surface area contributed by atoms with Crippen LogP contribution in [0.1, 0.15) is 43.7 Å². The van der Waals surface area contributed by atoms with Gasteiger partial charge in [0.2, 0.25) is 0 Å². The molecule has 3 aliphatic rings. The second-order valence-electron chi connectivity index (χ2n) is 6.77. The number of carbonyl (C=O) groups is 2. The molecule has 0 aromatic heterocycles. The zero-order valence-corrected chi connectivity index (χ0v) is 12.9. The smallest absolute Gasteiger partial charge is 0.313 e.